The fourth-order valence-electron chi connectivity index (χ4n) is 4.43. The molecule has 0 radical (unpaired) electrons. The molecule has 1 saturated carbocycles. The van der Waals surface area contributed by atoms with Crippen LogP contribution in [0, 0.1) is 35.5 Å². The first-order valence-electron chi connectivity index (χ1n) is 7.52. The highest BCUT2D eigenvalue weighted by Crippen LogP contribution is 2.47. The summed E-state index contributed by atoms with van der Waals surface area (Å²) in [5.74, 6) is 5.68. The third-order valence-corrected chi connectivity index (χ3v) is 5.26. The lowest BCUT2D eigenvalue weighted by Gasteiger charge is -2.47. The minimum absolute atomic E-state index is 0.860. The maximum atomic E-state index is 2.52. The van der Waals surface area contributed by atoms with E-state index in [-0.39, 0.29) is 0 Å². The second-order valence-corrected chi connectivity index (χ2v) is 6.49. The molecule has 0 heterocycles. The van der Waals surface area contributed by atoms with Crippen molar-refractivity contribution in [1.82, 2.24) is 0 Å². The molecule has 0 nitrogen and oxygen atoms in total. The van der Waals surface area contributed by atoms with Gasteiger partial charge in [0.2, 0.25) is 0 Å². The van der Waals surface area contributed by atoms with E-state index in [1.54, 1.807) is 0 Å². The van der Waals surface area contributed by atoms with Gasteiger partial charge in [-0.05, 0) is 41.9 Å². The minimum atomic E-state index is 0.860. The van der Waals surface area contributed by atoms with Crippen molar-refractivity contribution in [1.29, 1.82) is 0 Å². The molecule has 5 atom stereocenters. The number of hydrogen-bond donors (Lipinski definition) is 0. The average Bonchev–Trinajstić information content (AvgIpc) is 2.22. The molecule has 0 saturated heterocycles. The average molecular weight is 224 g/mol. The Balaban J connectivity index is 2.79. The van der Waals surface area contributed by atoms with Gasteiger partial charge in [0.1, 0.15) is 0 Å². The maximum Gasteiger partial charge on any atom is -0.0334 e. The Bertz CT molecular complexity index is 194. The monoisotopic (exact) mass is 224 g/mol. The fourth-order valence-corrected chi connectivity index (χ4v) is 4.43. The van der Waals surface area contributed by atoms with Gasteiger partial charge in [0.25, 0.3) is 0 Å². The Kier molecular flexibility index (Phi) is 5.34. The molecule has 0 aromatic rings. The Labute approximate surface area is 103 Å². The van der Waals surface area contributed by atoms with Crippen molar-refractivity contribution >= 4 is 0 Å². The van der Waals surface area contributed by atoms with Gasteiger partial charge >= 0.3 is 0 Å². The van der Waals surface area contributed by atoms with Crippen molar-refractivity contribution in [2.45, 2.75) is 67.2 Å². The molecule has 0 bridgehead atoms. The molecule has 0 heteroatoms. The first-order chi connectivity index (χ1) is 7.52. The van der Waals surface area contributed by atoms with Crippen molar-refractivity contribution in [3.63, 3.8) is 0 Å². The van der Waals surface area contributed by atoms with Gasteiger partial charge in [-0.2, -0.15) is 0 Å². The predicted molar refractivity (Wildman–Crippen MR) is 73.5 cm³/mol. The summed E-state index contributed by atoms with van der Waals surface area (Å²) in [6.45, 7) is 14.6. The lowest BCUT2D eigenvalue weighted by molar-refractivity contribution is 0.0210. The Hall–Kier alpha value is 0. The standard InChI is InChI=1S/C16H32/c1-7-9-15-10-14(8-2)12(5)16(11(3)4)13(15)6/h11-16H,7-10H2,1-6H3. The molecule has 96 valence electrons. The molecule has 1 aliphatic rings. The topological polar surface area (TPSA) is 0 Å². The summed E-state index contributed by atoms with van der Waals surface area (Å²) in [4.78, 5) is 0. The van der Waals surface area contributed by atoms with E-state index in [1.165, 1.54) is 25.7 Å². The molecule has 1 rings (SSSR count). The van der Waals surface area contributed by atoms with Gasteiger partial charge in [-0.3, -0.25) is 0 Å². The molecule has 1 aliphatic carbocycles. The van der Waals surface area contributed by atoms with Crippen LogP contribution in [-0.4, -0.2) is 0 Å². The summed E-state index contributed by atoms with van der Waals surface area (Å²) in [6, 6.07) is 0. The van der Waals surface area contributed by atoms with Crippen molar-refractivity contribution in [3.8, 4) is 0 Å². The van der Waals surface area contributed by atoms with Gasteiger partial charge in [0, 0.05) is 0 Å². The van der Waals surface area contributed by atoms with E-state index >= 15 is 0 Å². The molecule has 0 spiro atoms. The highest BCUT2D eigenvalue weighted by atomic mass is 14.4. The summed E-state index contributed by atoms with van der Waals surface area (Å²) in [6.07, 6.45) is 5.70. The molecular weight excluding hydrogens is 192 g/mol. The lowest BCUT2D eigenvalue weighted by Crippen LogP contribution is -2.40. The zero-order valence-corrected chi connectivity index (χ0v) is 12.3. The summed E-state index contributed by atoms with van der Waals surface area (Å²) >= 11 is 0. The van der Waals surface area contributed by atoms with Crippen LogP contribution in [0.1, 0.15) is 67.2 Å². The van der Waals surface area contributed by atoms with E-state index in [0.29, 0.717) is 0 Å². The van der Waals surface area contributed by atoms with Gasteiger partial charge in [-0.15, -0.1) is 0 Å². The summed E-state index contributed by atoms with van der Waals surface area (Å²) in [5, 5.41) is 0. The second kappa shape index (κ2) is 6.07. The largest absolute Gasteiger partial charge is 0.0654 e. The molecule has 1 fully saturated rings. The second-order valence-electron chi connectivity index (χ2n) is 6.49. The predicted octanol–water partition coefficient (Wildman–Crippen LogP) is 5.38. The minimum Gasteiger partial charge on any atom is -0.0654 e. The van der Waals surface area contributed by atoms with Crippen LogP contribution >= 0.6 is 0 Å². The van der Waals surface area contributed by atoms with Gasteiger partial charge in [-0.25, -0.2) is 0 Å². The quantitative estimate of drug-likeness (QED) is 0.601. The third-order valence-electron chi connectivity index (χ3n) is 5.26. The van der Waals surface area contributed by atoms with Gasteiger partial charge < -0.3 is 0 Å². The number of rotatable bonds is 4. The highest BCUT2D eigenvalue weighted by Gasteiger charge is 2.40. The molecule has 16 heavy (non-hydrogen) atoms. The molecule has 5 unspecified atom stereocenters. The molecule has 0 amide bonds. The van der Waals surface area contributed by atoms with Crippen LogP contribution < -0.4 is 0 Å². The highest BCUT2D eigenvalue weighted by molar-refractivity contribution is 4.89. The van der Waals surface area contributed by atoms with Crippen molar-refractivity contribution in [2.24, 2.45) is 35.5 Å². The lowest BCUT2D eigenvalue weighted by atomic mass is 9.58. The maximum absolute atomic E-state index is 2.52. The van der Waals surface area contributed by atoms with Crippen molar-refractivity contribution in [2.75, 3.05) is 0 Å². The first-order valence-corrected chi connectivity index (χ1v) is 7.52. The van der Waals surface area contributed by atoms with Crippen LogP contribution in [0.15, 0.2) is 0 Å². The molecule has 0 aliphatic heterocycles. The van der Waals surface area contributed by atoms with Crippen molar-refractivity contribution in [3.05, 3.63) is 0 Å². The van der Waals surface area contributed by atoms with Crippen molar-refractivity contribution < 1.29 is 0 Å². The summed E-state index contributed by atoms with van der Waals surface area (Å²) in [7, 11) is 0. The Morgan fingerprint density at radius 3 is 2.00 bits per heavy atom. The summed E-state index contributed by atoms with van der Waals surface area (Å²) < 4.78 is 0. The van der Waals surface area contributed by atoms with E-state index in [0.717, 1.165) is 35.5 Å². The third kappa shape index (κ3) is 2.81. The zero-order chi connectivity index (χ0) is 12.3. The van der Waals surface area contributed by atoms with Crippen LogP contribution in [0.4, 0.5) is 0 Å². The van der Waals surface area contributed by atoms with Crippen LogP contribution in [0.25, 0.3) is 0 Å². The van der Waals surface area contributed by atoms with E-state index < -0.39 is 0 Å². The van der Waals surface area contributed by atoms with Gasteiger partial charge in [0.05, 0.1) is 0 Å². The Morgan fingerprint density at radius 2 is 1.56 bits per heavy atom. The molecule has 0 N–H and O–H groups in total. The Morgan fingerprint density at radius 1 is 1.00 bits per heavy atom. The van der Waals surface area contributed by atoms with E-state index in [4.69, 9.17) is 0 Å². The molecule has 0 aromatic heterocycles. The van der Waals surface area contributed by atoms with Crippen LogP contribution in [0.5, 0.6) is 0 Å². The summed E-state index contributed by atoms with van der Waals surface area (Å²) in [5.41, 5.74) is 0. The molecular formula is C16H32. The fraction of sp³-hybridized carbons (Fsp3) is 1.00. The normalized spacial score (nSPS) is 40.3. The van der Waals surface area contributed by atoms with Gasteiger partial charge in [0.15, 0.2) is 0 Å². The van der Waals surface area contributed by atoms with Crippen LogP contribution in [0.2, 0.25) is 0 Å². The number of hydrogen-bond acceptors (Lipinski definition) is 0. The smallest absolute Gasteiger partial charge is 0.0334 e. The van der Waals surface area contributed by atoms with Crippen LogP contribution in [0.3, 0.4) is 0 Å². The first kappa shape index (κ1) is 14.1. The molecule has 0 aromatic carbocycles. The van der Waals surface area contributed by atoms with E-state index in [1.807, 2.05) is 0 Å². The van der Waals surface area contributed by atoms with Gasteiger partial charge in [-0.1, -0.05) is 60.8 Å². The van der Waals surface area contributed by atoms with E-state index in [9.17, 15) is 0 Å². The van der Waals surface area contributed by atoms with E-state index in [2.05, 4.69) is 41.5 Å². The van der Waals surface area contributed by atoms with Crippen LogP contribution in [-0.2, 0) is 0 Å². The SMILES string of the molecule is CCCC1CC(CC)C(C)C(C(C)C)C1C. The zero-order valence-electron chi connectivity index (χ0n) is 12.3.